The molecule has 1 aromatic rings. The lowest BCUT2D eigenvalue weighted by Gasteiger charge is -2.25. The van der Waals surface area contributed by atoms with Gasteiger partial charge in [0.2, 0.25) is 0 Å². The normalized spacial score (nSPS) is 16.7. The fourth-order valence-electron chi connectivity index (χ4n) is 2.71. The maximum absolute atomic E-state index is 11.9. The predicted molar refractivity (Wildman–Crippen MR) is 86.2 cm³/mol. The maximum Gasteiger partial charge on any atom is 0.335 e. The Labute approximate surface area is 135 Å². The Morgan fingerprint density at radius 2 is 1.78 bits per heavy atom. The molecule has 1 unspecified atom stereocenters. The Morgan fingerprint density at radius 3 is 2.26 bits per heavy atom. The fraction of sp³-hybridized carbons (Fsp3) is 0.529. The summed E-state index contributed by atoms with van der Waals surface area (Å²) in [5.74, 6) is -0.796. The molecule has 0 aromatic heterocycles. The van der Waals surface area contributed by atoms with Crippen molar-refractivity contribution in [1.82, 2.24) is 10.6 Å². The lowest BCUT2D eigenvalue weighted by atomic mass is 9.90. The zero-order valence-corrected chi connectivity index (χ0v) is 13.5. The molecule has 1 atom stereocenters. The molecule has 0 aliphatic heterocycles. The summed E-state index contributed by atoms with van der Waals surface area (Å²) < 4.78 is 0. The van der Waals surface area contributed by atoms with E-state index in [-0.39, 0.29) is 22.9 Å². The van der Waals surface area contributed by atoms with Gasteiger partial charge >= 0.3 is 12.0 Å². The monoisotopic (exact) mass is 320 g/mol. The summed E-state index contributed by atoms with van der Waals surface area (Å²) in [6.07, 6.45) is 1.47. The quantitative estimate of drug-likeness (QED) is 0.617. The van der Waals surface area contributed by atoms with E-state index in [4.69, 9.17) is 5.11 Å². The van der Waals surface area contributed by atoms with Gasteiger partial charge in [0.25, 0.3) is 0 Å². The van der Waals surface area contributed by atoms with Crippen LogP contribution in [0.1, 0.15) is 42.6 Å². The summed E-state index contributed by atoms with van der Waals surface area (Å²) in [5.41, 5.74) is 0.874. The van der Waals surface area contributed by atoms with Crippen LogP contribution in [0.5, 0.6) is 0 Å². The number of aliphatic hydroxyl groups is 1. The summed E-state index contributed by atoms with van der Waals surface area (Å²) in [7, 11) is 0. The largest absolute Gasteiger partial charge is 0.478 e. The number of nitrogens with one attached hydrogen (secondary N) is 2. The molecule has 23 heavy (non-hydrogen) atoms. The number of hydrogen-bond acceptors (Lipinski definition) is 3. The molecule has 126 valence electrons. The van der Waals surface area contributed by atoms with Crippen LogP contribution in [-0.4, -0.2) is 34.9 Å². The molecular formula is C17H24N2O4. The highest BCUT2D eigenvalue weighted by atomic mass is 16.4. The molecule has 0 heterocycles. The van der Waals surface area contributed by atoms with Gasteiger partial charge in [0.1, 0.15) is 0 Å². The van der Waals surface area contributed by atoms with Crippen molar-refractivity contribution in [3.63, 3.8) is 0 Å². The van der Waals surface area contributed by atoms with Crippen molar-refractivity contribution in [3.8, 4) is 0 Å². The van der Waals surface area contributed by atoms with Crippen LogP contribution in [0.3, 0.4) is 0 Å². The predicted octanol–water partition coefficient (Wildman–Crippen LogP) is 1.98. The number of urea groups is 1. The average Bonchev–Trinajstić information content (AvgIpc) is 3.31. The van der Waals surface area contributed by atoms with Crippen LogP contribution in [0.25, 0.3) is 0 Å². The molecule has 0 bridgehead atoms. The molecule has 2 amide bonds. The number of benzene rings is 1. The number of rotatable bonds is 7. The standard InChI is InChI=1S/C17H24N2O4/c1-11(2)14(20)17(7-8-17)10-19-16(23)18-9-12-3-5-13(6-4-12)15(21)22/h3-6,11,14,20H,7-10H2,1-2H3,(H,21,22)(H2,18,19,23). The van der Waals surface area contributed by atoms with E-state index in [0.717, 1.165) is 18.4 Å². The Kier molecular flexibility index (Phi) is 5.26. The number of aliphatic hydroxyl groups excluding tert-OH is 1. The number of carbonyl (C=O) groups excluding carboxylic acids is 1. The number of carbonyl (C=O) groups is 2. The van der Waals surface area contributed by atoms with Crippen molar-refractivity contribution >= 4 is 12.0 Å². The molecule has 2 rings (SSSR count). The third-order valence-electron chi connectivity index (χ3n) is 4.41. The molecule has 6 heteroatoms. The third kappa shape index (κ3) is 4.45. The number of aromatic carboxylic acids is 1. The molecule has 0 spiro atoms. The molecule has 1 aliphatic carbocycles. The molecule has 1 saturated carbocycles. The number of carboxylic acid groups (broad SMARTS) is 1. The summed E-state index contributed by atoms with van der Waals surface area (Å²) in [4.78, 5) is 22.6. The first-order valence-corrected chi connectivity index (χ1v) is 7.86. The van der Waals surface area contributed by atoms with Crippen molar-refractivity contribution in [1.29, 1.82) is 0 Å². The van der Waals surface area contributed by atoms with E-state index < -0.39 is 12.1 Å². The van der Waals surface area contributed by atoms with Gasteiger partial charge in [-0.3, -0.25) is 0 Å². The van der Waals surface area contributed by atoms with E-state index in [9.17, 15) is 14.7 Å². The van der Waals surface area contributed by atoms with Gasteiger partial charge in [0, 0.05) is 18.5 Å². The van der Waals surface area contributed by atoms with E-state index in [1.54, 1.807) is 12.1 Å². The number of amides is 2. The highest BCUT2D eigenvalue weighted by Crippen LogP contribution is 2.50. The molecule has 6 nitrogen and oxygen atoms in total. The Hall–Kier alpha value is -2.08. The lowest BCUT2D eigenvalue weighted by Crippen LogP contribution is -2.42. The molecule has 0 saturated heterocycles. The second-order valence-corrected chi connectivity index (χ2v) is 6.59. The minimum absolute atomic E-state index is 0.172. The van der Waals surface area contributed by atoms with Gasteiger partial charge in [0.15, 0.2) is 0 Å². The van der Waals surface area contributed by atoms with Crippen LogP contribution in [-0.2, 0) is 6.54 Å². The highest BCUT2D eigenvalue weighted by molar-refractivity contribution is 5.87. The molecule has 1 fully saturated rings. The van der Waals surface area contributed by atoms with Crippen LogP contribution in [0.15, 0.2) is 24.3 Å². The minimum Gasteiger partial charge on any atom is -0.478 e. The van der Waals surface area contributed by atoms with E-state index in [2.05, 4.69) is 10.6 Å². The van der Waals surface area contributed by atoms with Crippen molar-refractivity contribution in [2.75, 3.05) is 6.54 Å². The topological polar surface area (TPSA) is 98.7 Å². The summed E-state index contributed by atoms with van der Waals surface area (Å²) in [6, 6.07) is 6.09. The summed E-state index contributed by atoms with van der Waals surface area (Å²) >= 11 is 0. The van der Waals surface area contributed by atoms with Crippen molar-refractivity contribution < 1.29 is 19.8 Å². The Balaban J connectivity index is 1.76. The SMILES string of the molecule is CC(C)C(O)C1(CNC(=O)NCc2ccc(C(=O)O)cc2)CC1. The van der Waals surface area contributed by atoms with Crippen molar-refractivity contribution in [3.05, 3.63) is 35.4 Å². The fourth-order valence-corrected chi connectivity index (χ4v) is 2.71. The van der Waals surface area contributed by atoms with Gasteiger partial charge in [-0.05, 0) is 36.5 Å². The summed E-state index contributed by atoms with van der Waals surface area (Å²) in [6.45, 7) is 4.75. The zero-order chi connectivity index (χ0) is 17.0. The van der Waals surface area contributed by atoms with Crippen LogP contribution < -0.4 is 10.6 Å². The van der Waals surface area contributed by atoms with E-state index in [1.165, 1.54) is 12.1 Å². The van der Waals surface area contributed by atoms with Gasteiger partial charge in [0.05, 0.1) is 11.7 Å². The molecule has 0 radical (unpaired) electrons. The molecule has 1 aromatic carbocycles. The molecular weight excluding hydrogens is 296 g/mol. The third-order valence-corrected chi connectivity index (χ3v) is 4.41. The van der Waals surface area contributed by atoms with Gasteiger partial charge in [-0.2, -0.15) is 0 Å². The molecule has 4 N–H and O–H groups in total. The Morgan fingerprint density at radius 1 is 1.17 bits per heavy atom. The maximum atomic E-state index is 11.9. The van der Waals surface area contributed by atoms with Crippen LogP contribution in [0.2, 0.25) is 0 Å². The minimum atomic E-state index is -0.972. The zero-order valence-electron chi connectivity index (χ0n) is 13.5. The van der Waals surface area contributed by atoms with Crippen molar-refractivity contribution in [2.24, 2.45) is 11.3 Å². The van der Waals surface area contributed by atoms with E-state index in [0.29, 0.717) is 13.1 Å². The number of carboxylic acids is 1. The number of hydrogen-bond donors (Lipinski definition) is 4. The van der Waals surface area contributed by atoms with E-state index in [1.807, 2.05) is 13.8 Å². The van der Waals surface area contributed by atoms with Crippen LogP contribution >= 0.6 is 0 Å². The first-order valence-electron chi connectivity index (χ1n) is 7.86. The second-order valence-electron chi connectivity index (χ2n) is 6.59. The van der Waals surface area contributed by atoms with Gasteiger partial charge in [-0.25, -0.2) is 9.59 Å². The van der Waals surface area contributed by atoms with Gasteiger partial charge in [-0.15, -0.1) is 0 Å². The van der Waals surface area contributed by atoms with Gasteiger partial charge < -0.3 is 20.8 Å². The smallest absolute Gasteiger partial charge is 0.335 e. The first kappa shape index (κ1) is 17.3. The van der Waals surface area contributed by atoms with Gasteiger partial charge in [-0.1, -0.05) is 26.0 Å². The Bertz CT molecular complexity index is 564. The highest BCUT2D eigenvalue weighted by Gasteiger charge is 2.49. The van der Waals surface area contributed by atoms with Crippen LogP contribution in [0, 0.1) is 11.3 Å². The molecule has 1 aliphatic rings. The first-order chi connectivity index (χ1) is 10.8. The van der Waals surface area contributed by atoms with E-state index >= 15 is 0 Å². The average molecular weight is 320 g/mol. The van der Waals surface area contributed by atoms with Crippen LogP contribution in [0.4, 0.5) is 4.79 Å². The second kappa shape index (κ2) is 7.00. The summed E-state index contributed by atoms with van der Waals surface area (Å²) in [5, 5.41) is 24.6. The lowest BCUT2D eigenvalue weighted by molar-refractivity contribution is 0.0515. The van der Waals surface area contributed by atoms with Crippen molar-refractivity contribution in [2.45, 2.75) is 39.3 Å².